The second kappa shape index (κ2) is 7.29. The lowest BCUT2D eigenvalue weighted by Gasteiger charge is -2.22. The molecule has 0 spiro atoms. The Hall–Kier alpha value is -1.55. The summed E-state index contributed by atoms with van der Waals surface area (Å²) < 4.78 is 0. The van der Waals surface area contributed by atoms with Crippen molar-refractivity contribution >= 4 is 11.6 Å². The van der Waals surface area contributed by atoms with Crippen LogP contribution in [0.5, 0.6) is 0 Å². The van der Waals surface area contributed by atoms with Gasteiger partial charge >= 0.3 is 0 Å². The van der Waals surface area contributed by atoms with E-state index in [4.69, 9.17) is 0 Å². The molecule has 110 valence electrons. The van der Waals surface area contributed by atoms with Gasteiger partial charge in [-0.1, -0.05) is 6.92 Å². The highest BCUT2D eigenvalue weighted by molar-refractivity contribution is 5.94. The van der Waals surface area contributed by atoms with Crippen LogP contribution in [0.3, 0.4) is 0 Å². The van der Waals surface area contributed by atoms with Crippen LogP contribution in [-0.2, 0) is 0 Å². The SMILES string of the molecule is CCCN(CC)c1ccc(C(=O)NC2CCNC2)cc1. The van der Waals surface area contributed by atoms with Gasteiger partial charge in [0.25, 0.3) is 5.91 Å². The van der Waals surface area contributed by atoms with Crippen LogP contribution in [-0.4, -0.2) is 38.1 Å². The van der Waals surface area contributed by atoms with E-state index in [0.717, 1.165) is 44.6 Å². The van der Waals surface area contributed by atoms with Crippen molar-refractivity contribution < 1.29 is 4.79 Å². The number of nitrogens with one attached hydrogen (secondary N) is 2. The average Bonchev–Trinajstić information content (AvgIpc) is 2.98. The molecule has 0 bridgehead atoms. The third-order valence-corrected chi connectivity index (χ3v) is 3.77. The van der Waals surface area contributed by atoms with Gasteiger partial charge in [0.1, 0.15) is 0 Å². The standard InChI is InChI=1S/C16H25N3O/c1-3-11-19(4-2)15-7-5-13(6-8-15)16(20)18-14-9-10-17-12-14/h5-8,14,17H,3-4,9-12H2,1-2H3,(H,18,20). The zero-order chi connectivity index (χ0) is 14.4. The lowest BCUT2D eigenvalue weighted by molar-refractivity contribution is 0.0940. The quantitative estimate of drug-likeness (QED) is 0.835. The van der Waals surface area contributed by atoms with Gasteiger partial charge in [-0.25, -0.2) is 0 Å². The fraction of sp³-hybridized carbons (Fsp3) is 0.562. The minimum Gasteiger partial charge on any atom is -0.372 e. The number of carbonyl (C=O) groups is 1. The molecule has 1 fully saturated rings. The molecule has 1 aliphatic rings. The number of amides is 1. The Morgan fingerprint density at radius 2 is 2.10 bits per heavy atom. The molecule has 0 aliphatic carbocycles. The Balaban J connectivity index is 1.97. The van der Waals surface area contributed by atoms with E-state index in [2.05, 4.69) is 29.4 Å². The van der Waals surface area contributed by atoms with Crippen LogP contribution < -0.4 is 15.5 Å². The Kier molecular flexibility index (Phi) is 5.41. The molecule has 1 aromatic rings. The van der Waals surface area contributed by atoms with Gasteiger partial charge in [-0.2, -0.15) is 0 Å². The summed E-state index contributed by atoms with van der Waals surface area (Å²) in [5.41, 5.74) is 1.93. The van der Waals surface area contributed by atoms with Crippen molar-refractivity contribution in [3.63, 3.8) is 0 Å². The fourth-order valence-electron chi connectivity index (χ4n) is 2.61. The molecule has 1 atom stereocenters. The van der Waals surface area contributed by atoms with Crippen LogP contribution >= 0.6 is 0 Å². The van der Waals surface area contributed by atoms with E-state index in [1.165, 1.54) is 5.69 Å². The van der Waals surface area contributed by atoms with Gasteiger partial charge in [-0.3, -0.25) is 4.79 Å². The number of hydrogen-bond donors (Lipinski definition) is 2. The van der Waals surface area contributed by atoms with E-state index < -0.39 is 0 Å². The van der Waals surface area contributed by atoms with Crippen molar-refractivity contribution in [1.29, 1.82) is 0 Å². The highest BCUT2D eigenvalue weighted by Crippen LogP contribution is 2.15. The van der Waals surface area contributed by atoms with Gasteiger partial charge in [-0.15, -0.1) is 0 Å². The van der Waals surface area contributed by atoms with Crippen molar-refractivity contribution in [2.24, 2.45) is 0 Å². The molecule has 0 saturated carbocycles. The molecular formula is C16H25N3O. The van der Waals surface area contributed by atoms with Crippen LogP contribution in [0, 0.1) is 0 Å². The Bertz CT molecular complexity index is 424. The van der Waals surface area contributed by atoms with Gasteiger partial charge in [-0.05, 0) is 50.6 Å². The summed E-state index contributed by atoms with van der Waals surface area (Å²) >= 11 is 0. The Morgan fingerprint density at radius 3 is 2.65 bits per heavy atom. The molecule has 1 amide bonds. The lowest BCUT2D eigenvalue weighted by Crippen LogP contribution is -2.36. The zero-order valence-electron chi connectivity index (χ0n) is 12.5. The van der Waals surface area contributed by atoms with Gasteiger partial charge in [0, 0.05) is 36.9 Å². The largest absolute Gasteiger partial charge is 0.372 e. The second-order valence-electron chi connectivity index (χ2n) is 5.29. The first-order valence-electron chi connectivity index (χ1n) is 7.61. The molecule has 4 nitrogen and oxygen atoms in total. The summed E-state index contributed by atoms with van der Waals surface area (Å²) in [4.78, 5) is 14.4. The second-order valence-corrected chi connectivity index (χ2v) is 5.29. The zero-order valence-corrected chi connectivity index (χ0v) is 12.5. The highest BCUT2D eigenvalue weighted by atomic mass is 16.1. The topological polar surface area (TPSA) is 44.4 Å². The number of rotatable bonds is 6. The van der Waals surface area contributed by atoms with E-state index in [-0.39, 0.29) is 11.9 Å². The van der Waals surface area contributed by atoms with Crippen LogP contribution in [0.1, 0.15) is 37.0 Å². The predicted molar refractivity (Wildman–Crippen MR) is 83.4 cm³/mol. The molecular weight excluding hydrogens is 250 g/mol. The van der Waals surface area contributed by atoms with E-state index in [9.17, 15) is 4.79 Å². The number of benzene rings is 1. The maximum atomic E-state index is 12.1. The molecule has 1 saturated heterocycles. The summed E-state index contributed by atoms with van der Waals surface area (Å²) in [6.07, 6.45) is 2.15. The summed E-state index contributed by atoms with van der Waals surface area (Å²) in [7, 11) is 0. The predicted octanol–water partition coefficient (Wildman–Crippen LogP) is 2.01. The van der Waals surface area contributed by atoms with Crippen molar-refractivity contribution in [3.8, 4) is 0 Å². The molecule has 1 heterocycles. The summed E-state index contributed by atoms with van der Waals surface area (Å²) in [6, 6.07) is 8.20. The maximum Gasteiger partial charge on any atom is 0.251 e. The van der Waals surface area contributed by atoms with Crippen molar-refractivity contribution in [2.75, 3.05) is 31.1 Å². The molecule has 0 aromatic heterocycles. The van der Waals surface area contributed by atoms with Gasteiger partial charge in [0.15, 0.2) is 0 Å². The van der Waals surface area contributed by atoms with Gasteiger partial charge < -0.3 is 15.5 Å². The third-order valence-electron chi connectivity index (χ3n) is 3.77. The molecule has 0 radical (unpaired) electrons. The molecule has 1 aromatic carbocycles. The maximum absolute atomic E-state index is 12.1. The molecule has 1 aliphatic heterocycles. The number of anilines is 1. The Labute approximate surface area is 121 Å². The molecule has 1 unspecified atom stereocenters. The van der Waals surface area contributed by atoms with Crippen LogP contribution in [0.15, 0.2) is 24.3 Å². The van der Waals surface area contributed by atoms with Crippen molar-refractivity contribution in [3.05, 3.63) is 29.8 Å². The summed E-state index contributed by atoms with van der Waals surface area (Å²) in [5, 5.41) is 6.32. The van der Waals surface area contributed by atoms with E-state index in [1.54, 1.807) is 0 Å². The number of hydrogen-bond acceptors (Lipinski definition) is 3. The highest BCUT2D eigenvalue weighted by Gasteiger charge is 2.17. The molecule has 2 rings (SSSR count). The summed E-state index contributed by atoms with van der Waals surface area (Å²) in [6.45, 7) is 8.25. The lowest BCUT2D eigenvalue weighted by atomic mass is 10.1. The normalized spacial score (nSPS) is 18.0. The molecule has 2 N–H and O–H groups in total. The van der Waals surface area contributed by atoms with E-state index in [0.29, 0.717) is 0 Å². The van der Waals surface area contributed by atoms with Crippen LogP contribution in [0.25, 0.3) is 0 Å². The fourth-order valence-corrected chi connectivity index (χ4v) is 2.61. The first kappa shape index (κ1) is 14.9. The molecule has 4 heteroatoms. The van der Waals surface area contributed by atoms with Crippen LogP contribution in [0.4, 0.5) is 5.69 Å². The molecule has 20 heavy (non-hydrogen) atoms. The summed E-state index contributed by atoms with van der Waals surface area (Å²) in [5.74, 6) is 0.0313. The van der Waals surface area contributed by atoms with Gasteiger partial charge in [0.2, 0.25) is 0 Å². The van der Waals surface area contributed by atoms with E-state index >= 15 is 0 Å². The number of nitrogens with zero attached hydrogens (tertiary/aromatic N) is 1. The van der Waals surface area contributed by atoms with Crippen molar-refractivity contribution in [1.82, 2.24) is 10.6 Å². The first-order valence-corrected chi connectivity index (χ1v) is 7.61. The van der Waals surface area contributed by atoms with Crippen molar-refractivity contribution in [2.45, 2.75) is 32.7 Å². The monoisotopic (exact) mass is 275 g/mol. The number of carbonyl (C=O) groups excluding carboxylic acids is 1. The minimum absolute atomic E-state index is 0.0313. The minimum atomic E-state index is 0.0313. The smallest absolute Gasteiger partial charge is 0.251 e. The first-order chi connectivity index (χ1) is 9.74. The van der Waals surface area contributed by atoms with E-state index in [1.807, 2.05) is 24.3 Å². The van der Waals surface area contributed by atoms with Gasteiger partial charge in [0.05, 0.1) is 0 Å². The Morgan fingerprint density at radius 1 is 1.35 bits per heavy atom. The van der Waals surface area contributed by atoms with Crippen LogP contribution in [0.2, 0.25) is 0 Å². The average molecular weight is 275 g/mol. The third kappa shape index (κ3) is 3.73.